The van der Waals surface area contributed by atoms with Gasteiger partial charge in [0.05, 0.1) is 35.9 Å². The maximum atomic E-state index is 12.0. The summed E-state index contributed by atoms with van der Waals surface area (Å²) < 4.78 is 6.99. The Bertz CT molecular complexity index is 1060. The fraction of sp³-hybridized carbons (Fsp3) is 0.478. The lowest BCUT2D eigenvalue weighted by Gasteiger charge is -2.35. The highest BCUT2D eigenvalue weighted by atomic mass is 16.6. The Balaban J connectivity index is 1.44. The van der Waals surface area contributed by atoms with Crippen molar-refractivity contribution in [2.24, 2.45) is 0 Å². The Morgan fingerprint density at radius 2 is 1.97 bits per heavy atom. The molecule has 0 bridgehead atoms. The molecule has 176 valence electrons. The molecule has 0 aromatic carbocycles. The van der Waals surface area contributed by atoms with Gasteiger partial charge in [0.25, 0.3) is 0 Å². The number of amides is 1. The molecule has 10 nitrogen and oxygen atoms in total. The molecule has 0 saturated carbocycles. The highest BCUT2D eigenvalue weighted by molar-refractivity contribution is 5.79. The van der Waals surface area contributed by atoms with E-state index in [9.17, 15) is 4.79 Å². The fourth-order valence-electron chi connectivity index (χ4n) is 3.87. The molecule has 1 aliphatic rings. The smallest absolute Gasteiger partial charge is 0.409 e. The third kappa shape index (κ3) is 5.51. The molecule has 0 aliphatic carbocycles. The largest absolute Gasteiger partial charge is 0.450 e. The molecule has 1 saturated heterocycles. The molecule has 1 aliphatic heterocycles. The Labute approximate surface area is 194 Å². The molecule has 4 rings (SSSR count). The number of rotatable bonds is 8. The summed E-state index contributed by atoms with van der Waals surface area (Å²) in [7, 11) is 0. The number of nitrogens with one attached hydrogen (secondary N) is 2. The van der Waals surface area contributed by atoms with Crippen LogP contribution in [0, 0.1) is 0 Å². The number of carbonyl (C=O) groups is 1. The minimum atomic E-state index is -0.241. The number of hydrogen-bond acceptors (Lipinski definition) is 8. The van der Waals surface area contributed by atoms with E-state index in [1.165, 1.54) is 0 Å². The number of piperazine rings is 1. The first-order valence-corrected chi connectivity index (χ1v) is 11.5. The van der Waals surface area contributed by atoms with Gasteiger partial charge in [-0.05, 0) is 19.1 Å². The molecule has 1 amide bonds. The highest BCUT2D eigenvalue weighted by Crippen LogP contribution is 2.28. The monoisotopic (exact) mass is 452 g/mol. The zero-order valence-corrected chi connectivity index (χ0v) is 19.5. The second-order valence-corrected chi connectivity index (χ2v) is 8.27. The fourth-order valence-corrected chi connectivity index (χ4v) is 3.87. The minimum absolute atomic E-state index is 0.241. The Hall–Kier alpha value is -3.40. The predicted octanol–water partition coefficient (Wildman–Crippen LogP) is 2.48. The first-order chi connectivity index (χ1) is 16.0. The molecule has 10 heteroatoms. The molecule has 0 spiro atoms. The Morgan fingerprint density at radius 3 is 2.67 bits per heavy atom. The molecule has 1 fully saturated rings. The van der Waals surface area contributed by atoms with Crippen LogP contribution in [0.4, 0.5) is 16.3 Å². The van der Waals surface area contributed by atoms with Crippen molar-refractivity contribution in [1.29, 1.82) is 0 Å². The summed E-state index contributed by atoms with van der Waals surface area (Å²) in [6, 6.07) is 4.57. The lowest BCUT2D eigenvalue weighted by atomic mass is 10.2. The zero-order valence-electron chi connectivity index (χ0n) is 19.5. The van der Waals surface area contributed by atoms with Gasteiger partial charge in [0, 0.05) is 63.3 Å². The number of anilines is 2. The molecule has 4 heterocycles. The van der Waals surface area contributed by atoms with E-state index < -0.39 is 0 Å². The number of carbonyl (C=O) groups excluding carboxylic acids is 1. The summed E-state index contributed by atoms with van der Waals surface area (Å²) in [5.74, 6) is 0.756. The van der Waals surface area contributed by atoms with Gasteiger partial charge in [0.2, 0.25) is 0 Å². The molecule has 3 aromatic rings. The van der Waals surface area contributed by atoms with Crippen molar-refractivity contribution in [3.8, 4) is 11.3 Å². The van der Waals surface area contributed by atoms with Crippen LogP contribution in [0.1, 0.15) is 20.8 Å². The Morgan fingerprint density at radius 1 is 1.15 bits per heavy atom. The van der Waals surface area contributed by atoms with Crippen LogP contribution >= 0.6 is 0 Å². The van der Waals surface area contributed by atoms with Crippen LogP contribution in [0.2, 0.25) is 0 Å². The van der Waals surface area contributed by atoms with Crippen molar-refractivity contribution < 1.29 is 9.53 Å². The third-order valence-corrected chi connectivity index (χ3v) is 5.56. The van der Waals surface area contributed by atoms with Crippen LogP contribution in [0.3, 0.4) is 0 Å². The van der Waals surface area contributed by atoms with Crippen molar-refractivity contribution in [2.75, 3.05) is 56.1 Å². The summed E-state index contributed by atoms with van der Waals surface area (Å²) in [6.45, 7) is 10.9. The summed E-state index contributed by atoms with van der Waals surface area (Å²) in [5, 5.41) is 11.1. The average Bonchev–Trinajstić information content (AvgIpc) is 3.27. The van der Waals surface area contributed by atoms with Gasteiger partial charge >= 0.3 is 6.09 Å². The van der Waals surface area contributed by atoms with Gasteiger partial charge < -0.3 is 25.2 Å². The van der Waals surface area contributed by atoms with Gasteiger partial charge in [-0.3, -0.25) is 4.98 Å². The van der Waals surface area contributed by atoms with Gasteiger partial charge in [-0.1, -0.05) is 13.8 Å². The van der Waals surface area contributed by atoms with Crippen molar-refractivity contribution in [3.05, 3.63) is 36.9 Å². The molecular formula is C23H32N8O2. The van der Waals surface area contributed by atoms with E-state index in [0.29, 0.717) is 25.7 Å². The van der Waals surface area contributed by atoms with E-state index in [4.69, 9.17) is 4.74 Å². The van der Waals surface area contributed by atoms with Crippen LogP contribution in [0.5, 0.6) is 0 Å². The van der Waals surface area contributed by atoms with Crippen LogP contribution in [-0.2, 0) is 4.74 Å². The van der Waals surface area contributed by atoms with E-state index >= 15 is 0 Å². The van der Waals surface area contributed by atoms with Crippen molar-refractivity contribution in [3.63, 3.8) is 0 Å². The highest BCUT2D eigenvalue weighted by Gasteiger charge is 2.23. The van der Waals surface area contributed by atoms with E-state index in [1.54, 1.807) is 23.5 Å². The van der Waals surface area contributed by atoms with Crippen LogP contribution in [-0.4, -0.2) is 82.5 Å². The SMILES string of the molecule is CCOC(=O)N1CCN(c2ccnn3cc(-c4cnc(NCCNC(C)C)cn4)cc23)CC1. The number of ether oxygens (including phenoxy) is 1. The van der Waals surface area contributed by atoms with Gasteiger partial charge in [0.1, 0.15) is 5.82 Å². The predicted molar refractivity (Wildman–Crippen MR) is 129 cm³/mol. The Kier molecular flexibility index (Phi) is 7.23. The summed E-state index contributed by atoms with van der Waals surface area (Å²) in [5.41, 5.74) is 3.84. The second kappa shape index (κ2) is 10.5. The molecule has 0 atom stereocenters. The maximum Gasteiger partial charge on any atom is 0.409 e. The minimum Gasteiger partial charge on any atom is -0.450 e. The molecule has 0 unspecified atom stereocenters. The topological polar surface area (TPSA) is 99.9 Å². The van der Waals surface area contributed by atoms with Crippen molar-refractivity contribution in [1.82, 2.24) is 29.8 Å². The van der Waals surface area contributed by atoms with Gasteiger partial charge in [-0.15, -0.1) is 0 Å². The number of nitrogens with zero attached hydrogens (tertiary/aromatic N) is 6. The molecule has 0 radical (unpaired) electrons. The van der Waals surface area contributed by atoms with E-state index in [1.807, 2.05) is 23.7 Å². The lowest BCUT2D eigenvalue weighted by molar-refractivity contribution is 0.105. The van der Waals surface area contributed by atoms with Gasteiger partial charge in [-0.25, -0.2) is 14.3 Å². The lowest BCUT2D eigenvalue weighted by Crippen LogP contribution is -2.49. The normalized spacial score (nSPS) is 14.2. The molecule has 2 N–H and O–H groups in total. The van der Waals surface area contributed by atoms with E-state index in [0.717, 1.165) is 54.5 Å². The maximum absolute atomic E-state index is 12.0. The summed E-state index contributed by atoms with van der Waals surface area (Å²) >= 11 is 0. The molecule has 33 heavy (non-hydrogen) atoms. The number of aromatic nitrogens is 4. The first-order valence-electron chi connectivity index (χ1n) is 11.5. The van der Waals surface area contributed by atoms with Crippen LogP contribution < -0.4 is 15.5 Å². The first kappa shape index (κ1) is 22.8. The zero-order chi connectivity index (χ0) is 23.2. The number of hydrogen-bond donors (Lipinski definition) is 2. The summed E-state index contributed by atoms with van der Waals surface area (Å²) in [6.07, 6.45) is 7.07. The molecular weight excluding hydrogens is 420 g/mol. The van der Waals surface area contributed by atoms with Crippen molar-refractivity contribution >= 4 is 23.1 Å². The van der Waals surface area contributed by atoms with Gasteiger partial charge in [-0.2, -0.15) is 5.10 Å². The molecule has 3 aromatic heterocycles. The van der Waals surface area contributed by atoms with Crippen molar-refractivity contribution in [2.45, 2.75) is 26.8 Å². The summed E-state index contributed by atoms with van der Waals surface area (Å²) in [4.78, 5) is 25.1. The second-order valence-electron chi connectivity index (χ2n) is 8.27. The quantitative estimate of drug-likeness (QED) is 0.503. The van der Waals surface area contributed by atoms with E-state index in [2.05, 4.69) is 50.5 Å². The van der Waals surface area contributed by atoms with Gasteiger partial charge in [0.15, 0.2) is 0 Å². The van der Waals surface area contributed by atoms with Crippen LogP contribution in [0.25, 0.3) is 16.8 Å². The van der Waals surface area contributed by atoms with E-state index in [-0.39, 0.29) is 6.09 Å². The number of fused-ring (bicyclic) bond motifs is 1. The third-order valence-electron chi connectivity index (χ3n) is 5.56. The van der Waals surface area contributed by atoms with Crippen LogP contribution in [0.15, 0.2) is 36.9 Å². The standard InChI is InChI=1S/C23H32N8O2/c1-4-33-23(32)30-11-9-29(10-12-30)20-5-6-28-31-16-18(13-21(20)31)19-14-27-22(15-26-19)25-8-7-24-17(2)3/h5-6,13-17,24H,4,7-12H2,1-3H3,(H,25,27). The average molecular weight is 453 g/mol.